The second-order valence-corrected chi connectivity index (χ2v) is 19.7. The molecule has 3 heterocycles. The number of Topliss-reactive ketones (excluding diaryl/α,β-unsaturated/α-hetero) is 2. The van der Waals surface area contributed by atoms with Gasteiger partial charge in [-0.05, 0) is 23.3 Å². The summed E-state index contributed by atoms with van der Waals surface area (Å²) in [6, 6.07) is 10.1. The van der Waals surface area contributed by atoms with Gasteiger partial charge in [0.2, 0.25) is 0 Å². The molecule has 17 heteroatoms. The third kappa shape index (κ3) is 10.8. The number of methoxy groups -OCH3 is 2. The topological polar surface area (TPSA) is 189 Å². The number of ether oxygens (including phenoxy) is 5. The summed E-state index contributed by atoms with van der Waals surface area (Å²) in [5.41, 5.74) is 2.26. The second kappa shape index (κ2) is 19.5. The Hall–Kier alpha value is -2.84. The minimum atomic E-state index is -1.59. The molecule has 14 nitrogen and oxygen atoms in total. The zero-order valence-electron chi connectivity index (χ0n) is 31.5. The summed E-state index contributed by atoms with van der Waals surface area (Å²) in [5, 5.41) is 38.2. The average molecular weight is 917 g/mol. The van der Waals surface area contributed by atoms with Gasteiger partial charge in [-0.1, -0.05) is 35.9 Å². The van der Waals surface area contributed by atoms with Crippen molar-refractivity contribution >= 4 is 38.1 Å². The van der Waals surface area contributed by atoms with Gasteiger partial charge in [-0.3, -0.25) is 4.79 Å². The van der Waals surface area contributed by atoms with E-state index in [-0.39, 0.29) is 72.4 Å². The molecule has 3 aliphatic rings. The molecule has 55 heavy (non-hydrogen) atoms. The van der Waals surface area contributed by atoms with Crippen molar-refractivity contribution in [1.82, 2.24) is 15.0 Å². The van der Waals surface area contributed by atoms with Crippen molar-refractivity contribution in [2.24, 2.45) is 5.92 Å². The van der Waals surface area contributed by atoms with Gasteiger partial charge in [0.15, 0.2) is 23.9 Å². The number of alkyl halides is 1. The van der Waals surface area contributed by atoms with Crippen molar-refractivity contribution in [2.75, 3.05) is 20.8 Å². The third-order valence-corrected chi connectivity index (χ3v) is 16.7. The molecule has 8 atom stereocenters. The Morgan fingerprint density at radius 2 is 1.93 bits per heavy atom. The number of benzene rings is 2. The summed E-state index contributed by atoms with van der Waals surface area (Å²) in [6.45, 7) is 0.0769. The molecule has 2 bridgehead atoms. The molecule has 0 amide bonds. The third-order valence-electron chi connectivity index (χ3n) is 9.80. The Morgan fingerprint density at radius 1 is 1.11 bits per heavy atom. The maximum absolute atomic E-state index is 13.1. The number of nitrogens with zero attached hydrogens (tertiary/aromatic N) is 3. The Balaban J connectivity index is 0.958. The molecular formula is C38H46ClIN3O11S-. The number of hydrogen-bond donors (Lipinski definition) is 3. The fourth-order valence-corrected chi connectivity index (χ4v) is 13.9. The number of carbonyl (C=O) groups excluding carboxylic acids is 3. The number of fused-ring (bicyclic) bond motifs is 2. The van der Waals surface area contributed by atoms with Crippen LogP contribution in [0.25, 0.3) is 0 Å². The van der Waals surface area contributed by atoms with Gasteiger partial charge in [0.05, 0.1) is 24.3 Å². The van der Waals surface area contributed by atoms with Crippen LogP contribution < -0.4 is 29.3 Å². The van der Waals surface area contributed by atoms with Crippen molar-refractivity contribution < 1.29 is 74.6 Å². The number of aryl methyl sites for hydroxylation is 2. The van der Waals surface area contributed by atoms with Gasteiger partial charge in [-0.25, -0.2) is 4.79 Å². The van der Waals surface area contributed by atoms with E-state index in [2.05, 4.69) is 10.3 Å². The molecule has 0 radical (unpaired) electrons. The summed E-state index contributed by atoms with van der Waals surface area (Å²) in [6.07, 6.45) is -0.336. The normalized spacial score (nSPS) is 27.8. The second-order valence-electron chi connectivity index (χ2n) is 13.8. The molecule has 1 aromatic heterocycles. The van der Waals surface area contributed by atoms with Gasteiger partial charge in [0.1, 0.15) is 30.7 Å². The summed E-state index contributed by atoms with van der Waals surface area (Å²) in [4.78, 5) is 38.9. The van der Waals surface area contributed by atoms with E-state index >= 15 is 0 Å². The SMILES string of the molecule is [3H]C12CC(CC(C(=O)CCCn3cc(CCC(=O)Cc4cccc(COc5c(Cl)cc(C(=O)O[C@@H]6[C@@H](OC)O[C@H](CO)[C@@H](O)[C@@H]6O)cc5OC)c4)nn3)C1)[I-]S2. The van der Waals surface area contributed by atoms with Crippen molar-refractivity contribution in [3.8, 4) is 11.5 Å². The van der Waals surface area contributed by atoms with Gasteiger partial charge in [0, 0.05) is 13.5 Å². The van der Waals surface area contributed by atoms with Crippen molar-refractivity contribution in [3.63, 3.8) is 0 Å². The van der Waals surface area contributed by atoms with Crippen LogP contribution >= 0.6 is 20.5 Å². The van der Waals surface area contributed by atoms with E-state index in [0.29, 0.717) is 48.3 Å². The Labute approximate surface area is 338 Å². The molecule has 2 aliphatic heterocycles. The van der Waals surface area contributed by atoms with Crippen molar-refractivity contribution in [3.05, 3.63) is 70.0 Å². The van der Waals surface area contributed by atoms with E-state index in [4.69, 9.17) is 36.7 Å². The summed E-state index contributed by atoms with van der Waals surface area (Å²) in [7, 11) is 4.46. The summed E-state index contributed by atoms with van der Waals surface area (Å²) < 4.78 is 38.4. The van der Waals surface area contributed by atoms with Crippen molar-refractivity contribution in [2.45, 2.75) is 104 Å². The monoisotopic (exact) mass is 916 g/mol. The average Bonchev–Trinajstić information content (AvgIpc) is 3.76. The Kier molecular flexibility index (Phi) is 14.3. The van der Waals surface area contributed by atoms with Crippen LogP contribution in [0.1, 0.15) is 67.1 Å². The van der Waals surface area contributed by atoms with E-state index in [1.54, 1.807) is 4.68 Å². The number of aromatic nitrogens is 3. The van der Waals surface area contributed by atoms with E-state index in [0.717, 1.165) is 24.0 Å². The molecule has 2 saturated heterocycles. The Bertz CT molecular complexity index is 1870. The standard InChI is InChI=1S/C38H46ClIN3O11S/c1-50-31-16-24(37(49)54-36-34(48)33(47)32(19-44)53-38(36)51-2)15-29(39)35(31)52-20-22-6-3-5-21(11-22)12-27(45)9-8-26-18-43(42-41-26)10-4-7-30(46)23-13-25-17-28(14-23)55-40-25/h3,5-6,11,15-16,18,23,25,28,32-34,36,38,44,47-48H,4,7-10,12-14,17,19-20H2,1-2H3/q-1/t23?,25?,28?,32-,33-,34+,36+,38+/m1/s1/i28T. The first-order chi connectivity index (χ1) is 26.9. The van der Waals surface area contributed by atoms with E-state index in [1.807, 2.05) is 39.4 Å². The Morgan fingerprint density at radius 3 is 2.69 bits per heavy atom. The predicted octanol–water partition coefficient (Wildman–Crippen LogP) is 0.512. The van der Waals surface area contributed by atoms with Crippen LogP contribution in [0.2, 0.25) is 5.02 Å². The molecular weight excluding hydrogens is 869 g/mol. The number of esters is 1. The fourth-order valence-electron chi connectivity index (χ4n) is 6.87. The van der Waals surface area contributed by atoms with Crippen LogP contribution in [0.5, 0.6) is 11.5 Å². The zero-order valence-corrected chi connectivity index (χ0v) is 34.2. The first-order valence-electron chi connectivity index (χ1n) is 18.6. The first kappa shape index (κ1) is 40.4. The van der Waals surface area contributed by atoms with Crippen LogP contribution in [0.3, 0.4) is 0 Å². The van der Waals surface area contributed by atoms with E-state index < -0.39 is 48.5 Å². The van der Waals surface area contributed by atoms with Gasteiger partial charge in [0.25, 0.3) is 0 Å². The molecule has 1 aliphatic carbocycles. The molecule has 3 N–H and O–H groups in total. The number of carbonyl (C=O) groups is 3. The number of hydrogen-bond acceptors (Lipinski definition) is 14. The van der Waals surface area contributed by atoms with Crippen LogP contribution in [0.4, 0.5) is 0 Å². The molecule has 6 rings (SSSR count). The molecule has 300 valence electrons. The van der Waals surface area contributed by atoms with Gasteiger partial charge >= 0.3 is 140 Å². The number of ketones is 2. The summed E-state index contributed by atoms with van der Waals surface area (Å²) >= 11 is 6.52. The van der Waals surface area contributed by atoms with Crippen LogP contribution in [0, 0.1) is 5.92 Å². The number of halogens is 2. The van der Waals surface area contributed by atoms with E-state index in [9.17, 15) is 29.7 Å². The van der Waals surface area contributed by atoms with E-state index in [1.165, 1.54) is 26.4 Å². The van der Waals surface area contributed by atoms with Gasteiger partial charge in [-0.2, -0.15) is 0 Å². The van der Waals surface area contributed by atoms with Crippen molar-refractivity contribution in [1.29, 1.82) is 0 Å². The minimum absolute atomic E-state index is 0.00993. The first-order valence-corrected chi connectivity index (χ1v) is 23.1. The number of aliphatic hydroxyl groups is 3. The van der Waals surface area contributed by atoms with Gasteiger partial charge in [-0.15, -0.1) is 0 Å². The van der Waals surface area contributed by atoms with Crippen LogP contribution in [-0.2, 0) is 49.8 Å². The van der Waals surface area contributed by atoms with Gasteiger partial charge < -0.3 is 39.0 Å². The van der Waals surface area contributed by atoms with Crippen LogP contribution in [-0.4, -0.2) is 109 Å². The molecule has 1 saturated carbocycles. The molecule has 0 spiro atoms. The molecule has 2 aromatic carbocycles. The number of rotatable bonds is 18. The van der Waals surface area contributed by atoms with Crippen LogP contribution in [0.15, 0.2) is 42.6 Å². The predicted molar refractivity (Wildman–Crippen MR) is 197 cm³/mol. The quantitative estimate of drug-likeness (QED) is 0.0911. The number of aliphatic hydroxyl groups excluding tert-OH is 3. The maximum atomic E-state index is 13.1. The molecule has 3 fully saturated rings. The fraction of sp³-hybridized carbons (Fsp3) is 0.553. The molecule has 3 unspecified atom stereocenters. The molecule has 3 aromatic rings. The zero-order chi connectivity index (χ0) is 40.0. The summed E-state index contributed by atoms with van der Waals surface area (Å²) in [5.74, 6) is -0.263.